The third-order valence-corrected chi connectivity index (χ3v) is 6.84. The average Bonchev–Trinajstić information content (AvgIpc) is 3.66. The number of fused-ring (bicyclic) bond motifs is 1. The van der Waals surface area contributed by atoms with E-state index in [9.17, 15) is 9.59 Å². The van der Waals surface area contributed by atoms with E-state index in [0.717, 1.165) is 35.4 Å². The van der Waals surface area contributed by atoms with Crippen molar-refractivity contribution < 1.29 is 14.7 Å². The second-order valence-corrected chi connectivity index (χ2v) is 11.2. The fraction of sp³-hybridized carbons (Fsp3) is 0.312. The van der Waals surface area contributed by atoms with Crippen LogP contribution in [-0.2, 0) is 0 Å². The molecular formula is C32H34N6O3. The van der Waals surface area contributed by atoms with E-state index in [-0.39, 0.29) is 11.3 Å². The lowest BCUT2D eigenvalue weighted by Crippen LogP contribution is -2.42. The topological polar surface area (TPSA) is 121 Å². The van der Waals surface area contributed by atoms with Crippen LogP contribution >= 0.6 is 0 Å². The molecule has 9 heteroatoms. The lowest BCUT2D eigenvalue weighted by atomic mass is 9.87. The lowest BCUT2D eigenvalue weighted by Gasteiger charge is -2.25. The molecule has 1 aliphatic rings. The second kappa shape index (κ2) is 11.7. The van der Waals surface area contributed by atoms with E-state index in [1.165, 1.54) is 0 Å². The summed E-state index contributed by atoms with van der Waals surface area (Å²) in [6, 6.07) is 17.3. The van der Waals surface area contributed by atoms with Crippen LogP contribution in [0.4, 0.5) is 10.6 Å². The van der Waals surface area contributed by atoms with Gasteiger partial charge in [0.1, 0.15) is 0 Å². The maximum absolute atomic E-state index is 12.4. The van der Waals surface area contributed by atoms with E-state index in [0.29, 0.717) is 36.0 Å². The van der Waals surface area contributed by atoms with Crippen molar-refractivity contribution in [2.75, 3.05) is 11.9 Å². The lowest BCUT2D eigenvalue weighted by molar-refractivity contribution is 0.0951. The zero-order chi connectivity index (χ0) is 29.0. The Kier molecular flexibility index (Phi) is 7.92. The number of carbonyl (C=O) groups excluding carboxylic acids is 1. The molecule has 0 saturated heterocycles. The van der Waals surface area contributed by atoms with Crippen molar-refractivity contribution in [2.45, 2.75) is 52.1 Å². The summed E-state index contributed by atoms with van der Waals surface area (Å²) < 4.78 is 2.01. The molecule has 1 aliphatic carbocycles. The van der Waals surface area contributed by atoms with Gasteiger partial charge in [0.15, 0.2) is 11.5 Å². The highest BCUT2D eigenvalue weighted by Crippen LogP contribution is 2.28. The van der Waals surface area contributed by atoms with Crippen LogP contribution in [0.2, 0.25) is 0 Å². The van der Waals surface area contributed by atoms with Gasteiger partial charge in [0, 0.05) is 41.9 Å². The van der Waals surface area contributed by atoms with Gasteiger partial charge in [-0.2, -0.15) is 0 Å². The van der Waals surface area contributed by atoms with E-state index >= 15 is 0 Å². The van der Waals surface area contributed by atoms with Crippen LogP contribution in [0.1, 0.15) is 50.4 Å². The first kappa shape index (κ1) is 27.7. The molecular weight excluding hydrogens is 516 g/mol. The number of amides is 2. The average molecular weight is 551 g/mol. The van der Waals surface area contributed by atoms with Crippen LogP contribution in [0.5, 0.6) is 0 Å². The molecule has 1 atom stereocenters. The molecule has 41 heavy (non-hydrogen) atoms. The monoisotopic (exact) mass is 550 g/mol. The molecule has 1 unspecified atom stereocenters. The van der Waals surface area contributed by atoms with Crippen LogP contribution in [0.15, 0.2) is 67.0 Å². The van der Waals surface area contributed by atoms with Gasteiger partial charge in [-0.05, 0) is 30.4 Å². The van der Waals surface area contributed by atoms with Gasteiger partial charge in [-0.15, -0.1) is 0 Å². The number of rotatable bonds is 8. The molecule has 1 saturated carbocycles. The van der Waals surface area contributed by atoms with Crippen molar-refractivity contribution in [3.05, 3.63) is 72.6 Å². The molecule has 0 radical (unpaired) electrons. The Morgan fingerprint density at radius 1 is 1.07 bits per heavy atom. The number of nitrogens with one attached hydrogen (secondary N) is 3. The Morgan fingerprint density at radius 2 is 1.80 bits per heavy atom. The highest BCUT2D eigenvalue weighted by molar-refractivity contribution is 5.95. The van der Waals surface area contributed by atoms with Gasteiger partial charge < -0.3 is 21.1 Å². The minimum absolute atomic E-state index is 0.0464. The molecule has 0 spiro atoms. The summed E-state index contributed by atoms with van der Waals surface area (Å²) in [5.74, 6) is 6.72. The Labute approximate surface area is 239 Å². The maximum Gasteiger partial charge on any atom is 0.405 e. The SMILES string of the molecule is CC(C)(C)C(C#CCCNc1nc(-c2ccccc2)cn2c(-c3ccc(C(=O)NC4CC4)cc3)cnc12)NC(=O)O. The predicted octanol–water partition coefficient (Wildman–Crippen LogP) is 5.44. The van der Waals surface area contributed by atoms with Gasteiger partial charge in [-0.25, -0.2) is 14.8 Å². The summed E-state index contributed by atoms with van der Waals surface area (Å²) in [6.45, 7) is 6.35. The van der Waals surface area contributed by atoms with Gasteiger partial charge in [0.05, 0.1) is 23.6 Å². The number of aromatic nitrogens is 3. The molecule has 2 amide bonds. The van der Waals surface area contributed by atoms with Crippen molar-refractivity contribution in [3.8, 4) is 34.4 Å². The fourth-order valence-electron chi connectivity index (χ4n) is 4.37. The third-order valence-electron chi connectivity index (χ3n) is 6.84. The first-order valence-corrected chi connectivity index (χ1v) is 13.8. The number of nitrogens with zero attached hydrogens (tertiary/aromatic N) is 3. The van der Waals surface area contributed by atoms with Crippen LogP contribution in [0.3, 0.4) is 0 Å². The molecule has 4 aromatic rings. The third kappa shape index (κ3) is 6.84. The molecule has 2 aromatic heterocycles. The zero-order valence-corrected chi connectivity index (χ0v) is 23.4. The van der Waals surface area contributed by atoms with Crippen molar-refractivity contribution in [1.29, 1.82) is 0 Å². The first-order chi connectivity index (χ1) is 19.7. The summed E-state index contributed by atoms with van der Waals surface area (Å²) in [7, 11) is 0. The minimum atomic E-state index is -1.09. The second-order valence-electron chi connectivity index (χ2n) is 11.2. The van der Waals surface area contributed by atoms with Crippen molar-refractivity contribution in [2.24, 2.45) is 5.41 Å². The number of carbonyl (C=O) groups is 2. The van der Waals surface area contributed by atoms with Gasteiger partial charge in [-0.3, -0.25) is 9.20 Å². The van der Waals surface area contributed by atoms with E-state index in [1.807, 2.05) is 92.2 Å². The molecule has 2 aromatic carbocycles. The smallest absolute Gasteiger partial charge is 0.405 e. The number of carboxylic acid groups (broad SMARTS) is 1. The maximum atomic E-state index is 12.4. The molecule has 210 valence electrons. The molecule has 4 N–H and O–H groups in total. The molecule has 0 bridgehead atoms. The Hall–Kier alpha value is -4.84. The molecule has 2 heterocycles. The minimum Gasteiger partial charge on any atom is -0.465 e. The number of hydrogen-bond donors (Lipinski definition) is 4. The van der Waals surface area contributed by atoms with Crippen LogP contribution in [0.25, 0.3) is 28.2 Å². The van der Waals surface area contributed by atoms with Crippen LogP contribution in [-0.4, -0.2) is 50.1 Å². The van der Waals surface area contributed by atoms with Crippen molar-refractivity contribution >= 4 is 23.5 Å². The Balaban J connectivity index is 1.40. The Bertz CT molecular complexity index is 1610. The van der Waals surface area contributed by atoms with Crippen LogP contribution < -0.4 is 16.0 Å². The molecule has 1 fully saturated rings. The first-order valence-electron chi connectivity index (χ1n) is 13.8. The van der Waals surface area contributed by atoms with E-state index in [4.69, 9.17) is 10.1 Å². The normalized spacial score (nSPS) is 13.6. The van der Waals surface area contributed by atoms with Gasteiger partial charge in [-0.1, -0.05) is 75.1 Å². The highest BCUT2D eigenvalue weighted by atomic mass is 16.4. The molecule has 5 rings (SSSR count). The van der Waals surface area contributed by atoms with Crippen LogP contribution in [0, 0.1) is 17.3 Å². The van der Waals surface area contributed by atoms with E-state index < -0.39 is 12.1 Å². The molecule has 0 aliphatic heterocycles. The van der Waals surface area contributed by atoms with E-state index in [2.05, 4.69) is 32.8 Å². The summed E-state index contributed by atoms with van der Waals surface area (Å²) >= 11 is 0. The fourth-order valence-corrected chi connectivity index (χ4v) is 4.37. The number of hydrogen-bond acceptors (Lipinski definition) is 5. The van der Waals surface area contributed by atoms with Gasteiger partial charge in [0.2, 0.25) is 0 Å². The van der Waals surface area contributed by atoms with Crippen molar-refractivity contribution in [3.63, 3.8) is 0 Å². The number of imidazole rings is 1. The Morgan fingerprint density at radius 3 is 2.46 bits per heavy atom. The predicted molar refractivity (Wildman–Crippen MR) is 160 cm³/mol. The highest BCUT2D eigenvalue weighted by Gasteiger charge is 2.25. The number of anilines is 1. The van der Waals surface area contributed by atoms with Gasteiger partial charge in [0.25, 0.3) is 5.91 Å². The summed E-state index contributed by atoms with van der Waals surface area (Å²) in [6.07, 6.45) is 5.28. The molecule has 9 nitrogen and oxygen atoms in total. The number of benzene rings is 2. The summed E-state index contributed by atoms with van der Waals surface area (Å²) in [4.78, 5) is 33.2. The van der Waals surface area contributed by atoms with Crippen molar-refractivity contribution in [1.82, 2.24) is 25.0 Å². The standard InChI is InChI=1S/C32H34N6O3/c1-32(2,3)27(37-31(40)41)11-7-8-18-33-28-29-34-19-26(38(29)20-25(36-28)21-9-5-4-6-10-21)22-12-14-23(15-13-22)30(39)35-24-16-17-24/h4-6,9-10,12-15,19-20,24,27,37H,8,16-18H2,1-3H3,(H,33,36)(H,35,39)(H,40,41). The summed E-state index contributed by atoms with van der Waals surface area (Å²) in [5.41, 5.74) is 4.54. The largest absolute Gasteiger partial charge is 0.465 e. The summed E-state index contributed by atoms with van der Waals surface area (Å²) in [5, 5.41) is 18.0. The quantitative estimate of drug-likeness (QED) is 0.171. The van der Waals surface area contributed by atoms with Gasteiger partial charge >= 0.3 is 6.09 Å². The zero-order valence-electron chi connectivity index (χ0n) is 23.4. The van der Waals surface area contributed by atoms with E-state index in [1.54, 1.807) is 0 Å².